The zero-order valence-electron chi connectivity index (χ0n) is 9.52. The van der Waals surface area contributed by atoms with Crippen LogP contribution in [0.2, 0.25) is 0 Å². The molecule has 16 heavy (non-hydrogen) atoms. The van der Waals surface area contributed by atoms with Crippen molar-refractivity contribution in [3.63, 3.8) is 0 Å². The molecule has 0 saturated carbocycles. The van der Waals surface area contributed by atoms with Crippen LogP contribution in [-0.4, -0.2) is 12.5 Å². The second-order valence-electron chi connectivity index (χ2n) is 3.35. The van der Waals surface area contributed by atoms with Crippen LogP contribution in [0.4, 0.5) is 0 Å². The lowest BCUT2D eigenvalue weighted by atomic mass is 10.2. The van der Waals surface area contributed by atoms with Crippen molar-refractivity contribution in [2.24, 2.45) is 0 Å². The third-order valence-electron chi connectivity index (χ3n) is 2.09. The highest BCUT2D eigenvalue weighted by molar-refractivity contribution is 5.94. The third-order valence-corrected chi connectivity index (χ3v) is 2.09. The van der Waals surface area contributed by atoms with E-state index in [0.29, 0.717) is 12.1 Å². The molecule has 1 aromatic carbocycles. The van der Waals surface area contributed by atoms with Crippen LogP contribution >= 0.6 is 0 Å². The lowest BCUT2D eigenvalue weighted by molar-refractivity contribution is 0.0958. The number of allylic oxidation sites excluding steroid dienone is 3. The molecule has 0 aliphatic carbocycles. The number of amides is 1. The van der Waals surface area contributed by atoms with E-state index in [-0.39, 0.29) is 5.91 Å². The van der Waals surface area contributed by atoms with Crippen molar-refractivity contribution in [2.45, 2.75) is 13.3 Å². The molecule has 0 saturated heterocycles. The van der Waals surface area contributed by atoms with E-state index in [9.17, 15) is 4.79 Å². The van der Waals surface area contributed by atoms with E-state index in [0.717, 1.165) is 6.42 Å². The molecule has 1 aromatic rings. The van der Waals surface area contributed by atoms with Crippen molar-refractivity contribution in [1.29, 1.82) is 0 Å². The number of nitrogens with one attached hydrogen (secondary N) is 1. The molecule has 0 spiro atoms. The molecule has 0 fully saturated rings. The van der Waals surface area contributed by atoms with Gasteiger partial charge in [0.25, 0.3) is 5.91 Å². The summed E-state index contributed by atoms with van der Waals surface area (Å²) < 4.78 is 0. The van der Waals surface area contributed by atoms with Gasteiger partial charge in [-0.2, -0.15) is 0 Å². The Hall–Kier alpha value is -1.83. The fraction of sp³-hybridized carbons (Fsp3) is 0.214. The Kier molecular flexibility index (Phi) is 5.71. The summed E-state index contributed by atoms with van der Waals surface area (Å²) in [6, 6.07) is 9.22. The average molecular weight is 215 g/mol. The Morgan fingerprint density at radius 1 is 1.19 bits per heavy atom. The first-order valence-corrected chi connectivity index (χ1v) is 5.44. The molecule has 0 atom stereocenters. The van der Waals surface area contributed by atoms with Crippen LogP contribution < -0.4 is 5.32 Å². The fourth-order valence-corrected chi connectivity index (χ4v) is 1.24. The minimum absolute atomic E-state index is 0.0312. The van der Waals surface area contributed by atoms with Crippen LogP contribution in [0.3, 0.4) is 0 Å². The lowest BCUT2D eigenvalue weighted by Gasteiger charge is -2.01. The lowest BCUT2D eigenvalue weighted by Crippen LogP contribution is -2.23. The number of hydrogen-bond acceptors (Lipinski definition) is 1. The van der Waals surface area contributed by atoms with Gasteiger partial charge in [0.05, 0.1) is 0 Å². The van der Waals surface area contributed by atoms with E-state index < -0.39 is 0 Å². The zero-order valence-corrected chi connectivity index (χ0v) is 9.52. The molecule has 0 aliphatic heterocycles. The monoisotopic (exact) mass is 215 g/mol. The predicted molar refractivity (Wildman–Crippen MR) is 67.3 cm³/mol. The van der Waals surface area contributed by atoms with Crippen LogP contribution in [0.1, 0.15) is 23.7 Å². The van der Waals surface area contributed by atoms with Crippen molar-refractivity contribution in [3.05, 3.63) is 60.2 Å². The number of carbonyl (C=O) groups is 1. The molecule has 1 N–H and O–H groups in total. The van der Waals surface area contributed by atoms with Gasteiger partial charge in [0.1, 0.15) is 0 Å². The van der Waals surface area contributed by atoms with Gasteiger partial charge in [-0.25, -0.2) is 0 Å². The maximum atomic E-state index is 11.6. The number of benzene rings is 1. The quantitative estimate of drug-likeness (QED) is 0.752. The SMILES string of the molecule is C/C=C/C/C=C/CNC(=O)c1ccccc1. The molecule has 1 rings (SSSR count). The highest BCUT2D eigenvalue weighted by atomic mass is 16.1. The summed E-state index contributed by atoms with van der Waals surface area (Å²) in [5.41, 5.74) is 0.698. The van der Waals surface area contributed by atoms with Crippen LogP contribution in [0.15, 0.2) is 54.6 Å². The molecule has 0 radical (unpaired) electrons. The Labute approximate surface area is 96.7 Å². The topological polar surface area (TPSA) is 29.1 Å². The maximum absolute atomic E-state index is 11.6. The van der Waals surface area contributed by atoms with E-state index >= 15 is 0 Å². The number of carbonyl (C=O) groups excluding carboxylic acids is 1. The summed E-state index contributed by atoms with van der Waals surface area (Å²) in [5, 5.41) is 2.83. The first kappa shape index (κ1) is 12.2. The van der Waals surface area contributed by atoms with Crippen LogP contribution in [0, 0.1) is 0 Å². The van der Waals surface area contributed by atoms with Crippen LogP contribution in [0.25, 0.3) is 0 Å². The first-order valence-electron chi connectivity index (χ1n) is 5.44. The van der Waals surface area contributed by atoms with Gasteiger partial charge in [0, 0.05) is 12.1 Å². The van der Waals surface area contributed by atoms with Crippen molar-refractivity contribution in [2.75, 3.05) is 6.54 Å². The molecular weight excluding hydrogens is 198 g/mol. The van der Waals surface area contributed by atoms with Gasteiger partial charge in [-0.1, -0.05) is 42.5 Å². The molecule has 0 aromatic heterocycles. The molecule has 0 aliphatic rings. The highest BCUT2D eigenvalue weighted by Crippen LogP contribution is 1.97. The van der Waals surface area contributed by atoms with Gasteiger partial charge >= 0.3 is 0 Å². The van der Waals surface area contributed by atoms with Gasteiger partial charge in [0.2, 0.25) is 0 Å². The molecule has 1 amide bonds. The largest absolute Gasteiger partial charge is 0.349 e. The smallest absolute Gasteiger partial charge is 0.251 e. The summed E-state index contributed by atoms with van der Waals surface area (Å²) in [6.45, 7) is 2.57. The van der Waals surface area contributed by atoms with Crippen molar-refractivity contribution < 1.29 is 4.79 Å². The Morgan fingerprint density at radius 2 is 1.94 bits per heavy atom. The fourth-order valence-electron chi connectivity index (χ4n) is 1.24. The van der Waals surface area contributed by atoms with Gasteiger partial charge < -0.3 is 5.32 Å². The van der Waals surface area contributed by atoms with Crippen molar-refractivity contribution in [3.8, 4) is 0 Å². The average Bonchev–Trinajstić information content (AvgIpc) is 2.34. The first-order chi connectivity index (χ1) is 7.84. The third kappa shape index (κ3) is 4.60. The van der Waals surface area contributed by atoms with Gasteiger partial charge in [-0.3, -0.25) is 4.79 Å². The van der Waals surface area contributed by atoms with Gasteiger partial charge in [-0.05, 0) is 25.5 Å². The molecule has 84 valence electrons. The summed E-state index contributed by atoms with van der Waals surface area (Å²) in [4.78, 5) is 11.6. The summed E-state index contributed by atoms with van der Waals surface area (Å²) in [6.07, 6.45) is 8.98. The Bertz CT molecular complexity index is 366. The predicted octanol–water partition coefficient (Wildman–Crippen LogP) is 2.94. The van der Waals surface area contributed by atoms with E-state index in [1.54, 1.807) is 12.1 Å². The minimum Gasteiger partial charge on any atom is -0.349 e. The van der Waals surface area contributed by atoms with Crippen LogP contribution in [-0.2, 0) is 0 Å². The maximum Gasteiger partial charge on any atom is 0.251 e. The second kappa shape index (κ2) is 7.46. The van der Waals surface area contributed by atoms with Crippen LogP contribution in [0.5, 0.6) is 0 Å². The summed E-state index contributed by atoms with van der Waals surface area (Å²) in [5.74, 6) is -0.0312. The number of rotatable bonds is 5. The number of hydrogen-bond donors (Lipinski definition) is 1. The zero-order chi connectivity index (χ0) is 11.6. The van der Waals surface area contributed by atoms with E-state index in [2.05, 4.69) is 11.4 Å². The normalized spacial score (nSPS) is 11.1. The minimum atomic E-state index is -0.0312. The van der Waals surface area contributed by atoms with Crippen molar-refractivity contribution in [1.82, 2.24) is 5.32 Å². The standard InChI is InChI=1S/C14H17NO/c1-2-3-4-5-9-12-15-14(16)13-10-7-6-8-11-13/h2-3,5-11H,4,12H2,1H3,(H,15,16)/b3-2+,9-5+. The van der Waals surface area contributed by atoms with E-state index in [1.807, 2.05) is 43.4 Å². The second-order valence-corrected chi connectivity index (χ2v) is 3.35. The Morgan fingerprint density at radius 3 is 2.62 bits per heavy atom. The molecule has 0 unspecified atom stereocenters. The summed E-state index contributed by atoms with van der Waals surface area (Å²) >= 11 is 0. The van der Waals surface area contributed by atoms with E-state index in [1.165, 1.54) is 0 Å². The molecule has 0 heterocycles. The summed E-state index contributed by atoms with van der Waals surface area (Å²) in [7, 11) is 0. The van der Waals surface area contributed by atoms with Gasteiger partial charge in [0.15, 0.2) is 0 Å². The van der Waals surface area contributed by atoms with Crippen molar-refractivity contribution >= 4 is 5.91 Å². The highest BCUT2D eigenvalue weighted by Gasteiger charge is 2.00. The molecule has 0 bridgehead atoms. The van der Waals surface area contributed by atoms with Gasteiger partial charge in [-0.15, -0.1) is 0 Å². The molecular formula is C14H17NO. The van der Waals surface area contributed by atoms with E-state index in [4.69, 9.17) is 0 Å². The Balaban J connectivity index is 2.28. The molecule has 2 nitrogen and oxygen atoms in total. The molecule has 2 heteroatoms.